The number of phenolic OH excluding ortho intramolecular Hbond substituents is 1. The monoisotopic (exact) mass is 964 g/mol. The van der Waals surface area contributed by atoms with Crippen LogP contribution < -0.4 is 32.0 Å². The third-order valence-electron chi connectivity index (χ3n) is 10.3. The van der Waals surface area contributed by atoms with Gasteiger partial charge in [-0.05, 0) is 110 Å². The van der Waals surface area contributed by atoms with Crippen molar-refractivity contribution in [3.8, 4) is 23.3 Å². The zero-order valence-electron chi connectivity index (χ0n) is 36.6. The molecular weight excluding hydrogens is 922 g/mol. The van der Waals surface area contributed by atoms with E-state index in [0.29, 0.717) is 57.5 Å². The number of benzene rings is 5. The molecule has 0 spiro atoms. The van der Waals surface area contributed by atoms with Crippen LogP contribution >= 0.6 is 0 Å². The lowest BCUT2D eigenvalue weighted by molar-refractivity contribution is -0.192. The zero-order chi connectivity index (χ0) is 50.0. The number of ether oxygens (including phenoxy) is 1. The van der Waals surface area contributed by atoms with Crippen LogP contribution in [0.25, 0.3) is 21.8 Å². The molecule has 69 heavy (non-hydrogen) atoms. The number of carboxylic acid groups (broad SMARTS) is 1. The van der Waals surface area contributed by atoms with Crippen molar-refractivity contribution in [1.82, 2.24) is 15.3 Å². The van der Waals surface area contributed by atoms with E-state index in [1.165, 1.54) is 61.8 Å². The van der Waals surface area contributed by atoms with E-state index in [-0.39, 0.29) is 50.0 Å². The first-order chi connectivity index (χ1) is 32.8. The van der Waals surface area contributed by atoms with Crippen molar-refractivity contribution in [3.05, 3.63) is 154 Å². The van der Waals surface area contributed by atoms with Crippen molar-refractivity contribution in [2.75, 3.05) is 30.8 Å². The highest BCUT2D eigenvalue weighted by Gasteiger charge is 2.38. The molecule has 0 bridgehead atoms. The minimum absolute atomic E-state index is 0.0648. The van der Waals surface area contributed by atoms with Crippen LogP contribution in [0.3, 0.4) is 0 Å². The Morgan fingerprint density at radius 3 is 2.33 bits per heavy atom. The number of halogens is 3. The molecule has 0 aliphatic rings. The van der Waals surface area contributed by atoms with E-state index >= 15 is 0 Å². The molecule has 1 atom stereocenters. The second-order valence-corrected chi connectivity index (χ2v) is 17.1. The summed E-state index contributed by atoms with van der Waals surface area (Å²) in [7, 11) is -2.65. The van der Waals surface area contributed by atoms with Gasteiger partial charge in [-0.15, -0.1) is 0 Å². The Hall–Kier alpha value is -8.25. The molecule has 9 N–H and O–H groups in total. The first-order valence-electron chi connectivity index (χ1n) is 20.7. The van der Waals surface area contributed by atoms with Crippen LogP contribution in [-0.2, 0) is 14.6 Å². The number of aliphatic hydroxyl groups excluding tert-OH is 1. The molecule has 7 aromatic rings. The summed E-state index contributed by atoms with van der Waals surface area (Å²) in [5.74, 6) is 2.70. The zero-order valence-corrected chi connectivity index (χ0v) is 37.5. The van der Waals surface area contributed by atoms with Gasteiger partial charge >= 0.3 is 12.1 Å². The number of aryl methyl sites for hydroxylation is 1. The number of aliphatic hydroxyl groups is 1. The number of amides is 2. The molecule has 2 amide bonds. The maximum atomic E-state index is 14.1. The first kappa shape index (κ1) is 50.2. The number of rotatable bonds is 14. The summed E-state index contributed by atoms with van der Waals surface area (Å²) >= 11 is 0. The van der Waals surface area contributed by atoms with E-state index in [0.717, 1.165) is 12.0 Å². The van der Waals surface area contributed by atoms with Crippen LogP contribution in [0.5, 0.6) is 11.5 Å². The molecule has 1 unspecified atom stereocenters. The Balaban J connectivity index is 0.00000104. The third-order valence-corrected chi connectivity index (χ3v) is 12.1. The molecule has 5 aromatic carbocycles. The van der Waals surface area contributed by atoms with E-state index in [2.05, 4.69) is 37.8 Å². The Morgan fingerprint density at radius 2 is 1.64 bits per heavy atom. The third kappa shape index (κ3) is 12.4. The standard InChI is InChI=1S/C47H42N6O8S.C2HF3O2/c1-28-22-35(25-38-43(28)50-26-39(46(48)57)44(38)51-32-10-7-11-33(24-32)61-2)62(59,60)34-12-6-9-30(23-34)47(58)52-31-15-13-29(14-16-31)8-4-3-5-21-49-27-41(55)36-17-19-40(54)45-37(36)18-20-42(56)53-45;3-2(4,5)1(6)7/h6-7,9-20,22-26,41,49,54-55H,3,5,21,27H2,1-2H3,(H2,48,57)(H,50,51)(H,52,58)(H,53,56);(H,6,7). The van der Waals surface area contributed by atoms with Crippen LogP contribution in [0.1, 0.15) is 56.4 Å². The summed E-state index contributed by atoms with van der Waals surface area (Å²) in [6, 6.07) is 28.6. The van der Waals surface area contributed by atoms with Crippen LogP contribution in [0.15, 0.2) is 130 Å². The fourth-order valence-electron chi connectivity index (χ4n) is 6.91. The van der Waals surface area contributed by atoms with Crippen LogP contribution in [0.4, 0.5) is 30.2 Å². The number of methoxy groups -OCH3 is 1. The molecule has 0 saturated carbocycles. The van der Waals surface area contributed by atoms with Gasteiger partial charge in [0.1, 0.15) is 11.5 Å². The van der Waals surface area contributed by atoms with Crippen LogP contribution in [0, 0.1) is 18.8 Å². The number of aromatic nitrogens is 2. The Morgan fingerprint density at radius 1 is 0.913 bits per heavy atom. The number of aromatic hydroxyl groups is 1. The summed E-state index contributed by atoms with van der Waals surface area (Å²) in [6.45, 7) is 2.59. The molecular formula is C49H43F3N6O10S. The Bertz CT molecular complexity index is 3320. The molecule has 7 rings (SSSR count). The number of aliphatic carboxylic acids is 1. The molecule has 0 saturated heterocycles. The average molecular weight is 965 g/mol. The molecule has 356 valence electrons. The molecule has 2 heterocycles. The predicted octanol–water partition coefficient (Wildman–Crippen LogP) is 7.11. The van der Waals surface area contributed by atoms with E-state index < -0.39 is 39.9 Å². The van der Waals surface area contributed by atoms with Crippen LogP contribution in [-0.4, -0.2) is 77.9 Å². The number of primary amides is 1. The quantitative estimate of drug-likeness (QED) is 0.0399. The topological polar surface area (TPSA) is 263 Å². The van der Waals surface area contributed by atoms with Crippen LogP contribution in [0.2, 0.25) is 0 Å². The number of phenols is 1. The summed E-state index contributed by atoms with van der Waals surface area (Å²) in [5.41, 5.74) is 9.53. The lowest BCUT2D eigenvalue weighted by Gasteiger charge is -2.16. The summed E-state index contributed by atoms with van der Waals surface area (Å²) in [4.78, 5) is 53.3. The summed E-state index contributed by atoms with van der Waals surface area (Å²) < 4.78 is 65.4. The van der Waals surface area contributed by atoms with Gasteiger partial charge in [-0.1, -0.05) is 30.0 Å². The highest BCUT2D eigenvalue weighted by molar-refractivity contribution is 7.91. The van der Waals surface area contributed by atoms with Crippen molar-refractivity contribution < 1.29 is 56.0 Å². The van der Waals surface area contributed by atoms with Gasteiger partial charge in [0.05, 0.1) is 45.3 Å². The number of carbonyl (C=O) groups is 3. The van der Waals surface area contributed by atoms with Gasteiger partial charge < -0.3 is 46.7 Å². The van der Waals surface area contributed by atoms with Gasteiger partial charge in [0.2, 0.25) is 15.4 Å². The number of hydrogen-bond acceptors (Lipinski definition) is 12. The highest BCUT2D eigenvalue weighted by Crippen LogP contribution is 2.35. The number of alkyl halides is 3. The largest absolute Gasteiger partial charge is 0.506 e. The minimum Gasteiger partial charge on any atom is -0.506 e. The van der Waals surface area contributed by atoms with E-state index in [4.69, 9.17) is 20.4 Å². The fraction of sp³-hybridized carbons (Fsp3) is 0.163. The van der Waals surface area contributed by atoms with E-state index in [1.807, 2.05) is 0 Å². The number of nitrogens with two attached hydrogens (primary N) is 1. The van der Waals surface area contributed by atoms with Crippen molar-refractivity contribution in [2.24, 2.45) is 5.73 Å². The SMILES string of the molecule is COc1cccc(Nc2c(C(N)=O)cnc3c(C)cc(S(=O)(=O)c4cccc(C(=O)Nc5ccc(C#CCCCNCC(O)c6ccc(O)c7[nH]c(=O)ccc67)cc5)c4)cc23)c1.O=C(O)C(F)(F)F. The molecule has 0 radical (unpaired) electrons. The van der Waals surface area contributed by atoms with Crippen molar-refractivity contribution in [1.29, 1.82) is 0 Å². The molecule has 0 aliphatic carbocycles. The number of carbonyl (C=O) groups excluding carboxylic acids is 2. The number of sulfone groups is 1. The summed E-state index contributed by atoms with van der Waals surface area (Å²) in [5, 5.41) is 38.1. The number of anilines is 3. The van der Waals surface area contributed by atoms with Gasteiger partial charge in [-0.2, -0.15) is 13.2 Å². The second-order valence-electron chi connectivity index (χ2n) is 15.2. The van der Waals surface area contributed by atoms with Crippen molar-refractivity contribution >= 4 is 66.5 Å². The predicted molar refractivity (Wildman–Crippen MR) is 251 cm³/mol. The lowest BCUT2D eigenvalue weighted by Crippen LogP contribution is -2.22. The number of nitrogens with one attached hydrogen (secondary N) is 4. The molecule has 20 heteroatoms. The number of carboxylic acids is 1. The maximum Gasteiger partial charge on any atom is 0.490 e. The van der Waals surface area contributed by atoms with Gasteiger partial charge in [0.25, 0.3) is 11.8 Å². The fourth-order valence-corrected chi connectivity index (χ4v) is 8.33. The average Bonchev–Trinajstić information content (AvgIpc) is 3.32. The molecule has 16 nitrogen and oxygen atoms in total. The smallest absolute Gasteiger partial charge is 0.490 e. The Labute approximate surface area is 391 Å². The lowest BCUT2D eigenvalue weighted by atomic mass is 10.0. The maximum absolute atomic E-state index is 14.1. The number of pyridine rings is 2. The highest BCUT2D eigenvalue weighted by atomic mass is 32.2. The van der Waals surface area contributed by atoms with E-state index in [9.17, 15) is 46.2 Å². The van der Waals surface area contributed by atoms with Gasteiger partial charge in [0, 0.05) is 64.6 Å². The van der Waals surface area contributed by atoms with Gasteiger partial charge in [-0.25, -0.2) is 13.2 Å². The number of fused-ring (bicyclic) bond motifs is 2. The molecule has 0 aliphatic heterocycles. The number of hydrogen-bond donors (Lipinski definition) is 8. The summed E-state index contributed by atoms with van der Waals surface area (Å²) in [6.07, 6.45) is -3.27. The normalized spacial score (nSPS) is 11.7. The molecule has 0 fully saturated rings. The minimum atomic E-state index is -5.08. The number of aromatic amines is 1. The Kier molecular flexibility index (Phi) is 15.7. The second kappa shape index (κ2) is 21.6. The van der Waals surface area contributed by atoms with Gasteiger partial charge in [-0.3, -0.25) is 19.4 Å². The molecule has 2 aromatic heterocycles. The van der Waals surface area contributed by atoms with Gasteiger partial charge in [0.15, 0.2) is 0 Å². The van der Waals surface area contributed by atoms with E-state index in [1.54, 1.807) is 67.6 Å². The first-order valence-corrected chi connectivity index (χ1v) is 22.2. The number of nitrogens with zero attached hydrogens (tertiary/aromatic N) is 1. The van der Waals surface area contributed by atoms with Crippen molar-refractivity contribution in [3.63, 3.8) is 0 Å². The van der Waals surface area contributed by atoms with Crippen molar-refractivity contribution in [2.45, 2.75) is 41.8 Å². The number of H-pyrrole nitrogens is 1. The number of unbranched alkanes of at least 4 members (excludes halogenated alkanes) is 1.